The monoisotopic (exact) mass is 656 g/mol. The van der Waals surface area contributed by atoms with Crippen molar-refractivity contribution in [3.05, 3.63) is 77.5 Å². The van der Waals surface area contributed by atoms with E-state index in [0.717, 1.165) is 48.9 Å². The number of hydrogen-bond acceptors (Lipinski definition) is 9. The minimum absolute atomic E-state index is 0. The van der Waals surface area contributed by atoms with Gasteiger partial charge in [-0.25, -0.2) is 0 Å². The van der Waals surface area contributed by atoms with Crippen molar-refractivity contribution in [3.63, 3.8) is 0 Å². The Labute approximate surface area is 317 Å². The molecule has 0 saturated carbocycles. The van der Waals surface area contributed by atoms with Gasteiger partial charge in [0.25, 0.3) is 0 Å². The molecule has 3 N–H and O–H groups in total. The number of aryl methyl sites for hydroxylation is 1. The second-order valence-electron chi connectivity index (χ2n) is 11.4. The molecule has 5 rings (SSSR count). The van der Waals surface area contributed by atoms with Crippen LogP contribution in [0.3, 0.4) is 0 Å². The quantitative estimate of drug-likeness (QED) is 0.290. The van der Waals surface area contributed by atoms with Crippen LogP contribution >= 0.6 is 11.8 Å². The summed E-state index contributed by atoms with van der Waals surface area (Å²) in [5.41, 5.74) is 8.73. The van der Waals surface area contributed by atoms with Crippen molar-refractivity contribution in [1.29, 1.82) is 0 Å². The largest absolute Gasteiger partial charge is 1.00 e. The van der Waals surface area contributed by atoms with E-state index < -0.39 is 0 Å². The third-order valence-corrected chi connectivity index (χ3v) is 8.92. The van der Waals surface area contributed by atoms with Gasteiger partial charge in [0.2, 0.25) is 11.9 Å². The minimum Gasteiger partial charge on any atom is -0.597 e. The second kappa shape index (κ2) is 19.2. The first kappa shape index (κ1) is 37.8. The van der Waals surface area contributed by atoms with Gasteiger partial charge in [0.05, 0.1) is 18.5 Å². The van der Waals surface area contributed by atoms with Crippen LogP contribution in [0.5, 0.6) is 5.75 Å². The predicted molar refractivity (Wildman–Crippen MR) is 188 cm³/mol. The van der Waals surface area contributed by atoms with Crippen molar-refractivity contribution in [1.82, 2.24) is 15.2 Å². The molecule has 2 fully saturated rings. The number of nitrogens with zero attached hydrogens (tertiary/aromatic N) is 5. The number of guanidine groups is 2. The van der Waals surface area contributed by atoms with Crippen molar-refractivity contribution >= 4 is 35.1 Å². The summed E-state index contributed by atoms with van der Waals surface area (Å²) >= 11 is 1.81. The number of ether oxygens (including phenoxy) is 1. The SMILES string of the molecule is C1CCNC1.C=C/C=C1/N=C(Nc2cc(C)c(C3CCN([N-]C)CC3)cc2OC)N=C(Nc2ccccc2SC(C)C)N1C.[K+]. The molecule has 238 valence electrons. The van der Waals surface area contributed by atoms with E-state index >= 15 is 0 Å². The Bertz CT molecular complexity index is 1340. The zero-order chi connectivity index (χ0) is 31.5. The van der Waals surface area contributed by atoms with Crippen molar-refractivity contribution in [2.75, 3.05) is 58.0 Å². The van der Waals surface area contributed by atoms with E-state index in [4.69, 9.17) is 14.7 Å². The molecular formula is C34H49KN8OS. The van der Waals surface area contributed by atoms with Crippen LogP contribution in [-0.4, -0.2) is 74.5 Å². The van der Waals surface area contributed by atoms with Gasteiger partial charge in [-0.1, -0.05) is 38.6 Å². The molecule has 45 heavy (non-hydrogen) atoms. The summed E-state index contributed by atoms with van der Waals surface area (Å²) in [6, 6.07) is 12.6. The third-order valence-electron chi connectivity index (χ3n) is 7.84. The number of nitrogens with one attached hydrogen (secondary N) is 3. The van der Waals surface area contributed by atoms with Gasteiger partial charge in [-0.2, -0.15) is 17.0 Å². The summed E-state index contributed by atoms with van der Waals surface area (Å²) in [4.78, 5) is 12.7. The Morgan fingerprint density at radius 1 is 1.09 bits per heavy atom. The van der Waals surface area contributed by atoms with Crippen LogP contribution in [0.1, 0.15) is 56.6 Å². The maximum Gasteiger partial charge on any atom is 1.00 e. The molecule has 11 heteroatoms. The Morgan fingerprint density at radius 3 is 2.40 bits per heavy atom. The first-order valence-corrected chi connectivity index (χ1v) is 16.5. The number of methoxy groups -OCH3 is 1. The fourth-order valence-corrected chi connectivity index (χ4v) is 6.41. The van der Waals surface area contributed by atoms with E-state index in [1.165, 1.54) is 42.0 Å². The zero-order valence-electron chi connectivity index (χ0n) is 28.2. The minimum atomic E-state index is 0. The Hall–Kier alpha value is -1.67. The number of rotatable bonds is 8. The Balaban J connectivity index is 0.000000837. The summed E-state index contributed by atoms with van der Waals surface area (Å²) in [5.74, 6) is 3.13. The maximum absolute atomic E-state index is 5.83. The molecule has 0 aromatic heterocycles. The van der Waals surface area contributed by atoms with Crippen LogP contribution in [0.2, 0.25) is 0 Å². The number of para-hydroxylation sites is 1. The van der Waals surface area contributed by atoms with E-state index in [1.807, 2.05) is 42.9 Å². The van der Waals surface area contributed by atoms with Gasteiger partial charge in [-0.05, 0) is 106 Å². The molecule has 0 unspecified atom stereocenters. The first-order chi connectivity index (χ1) is 21.3. The van der Waals surface area contributed by atoms with Crippen LogP contribution in [0.15, 0.2) is 75.8 Å². The Morgan fingerprint density at radius 2 is 1.80 bits per heavy atom. The average molecular weight is 657 g/mol. The smallest absolute Gasteiger partial charge is 0.597 e. The topological polar surface area (TPSA) is 90.6 Å². The second-order valence-corrected chi connectivity index (χ2v) is 13.0. The molecule has 0 radical (unpaired) electrons. The number of allylic oxidation sites excluding steroid dienone is 2. The first-order valence-electron chi connectivity index (χ1n) is 15.6. The van der Waals surface area contributed by atoms with Gasteiger partial charge < -0.3 is 31.1 Å². The van der Waals surface area contributed by atoms with Gasteiger partial charge in [0.1, 0.15) is 11.6 Å². The van der Waals surface area contributed by atoms with Gasteiger partial charge >= 0.3 is 51.4 Å². The van der Waals surface area contributed by atoms with Crippen LogP contribution < -0.4 is 72.1 Å². The van der Waals surface area contributed by atoms with Crippen LogP contribution in [0.25, 0.3) is 5.43 Å². The van der Waals surface area contributed by atoms with Crippen molar-refractivity contribution in [2.45, 2.75) is 62.5 Å². The van der Waals surface area contributed by atoms with Crippen molar-refractivity contribution < 1.29 is 56.1 Å². The predicted octanol–water partition coefficient (Wildman–Crippen LogP) is 4.18. The fourth-order valence-electron chi connectivity index (χ4n) is 5.49. The summed E-state index contributed by atoms with van der Waals surface area (Å²) in [6.45, 7) is 14.9. The molecule has 3 heterocycles. The van der Waals surface area contributed by atoms with Gasteiger partial charge in [0, 0.05) is 17.2 Å². The molecule has 9 nitrogen and oxygen atoms in total. The van der Waals surface area contributed by atoms with Crippen LogP contribution in [-0.2, 0) is 0 Å². The third kappa shape index (κ3) is 10.9. The molecule has 0 aliphatic carbocycles. The van der Waals surface area contributed by atoms with Crippen LogP contribution in [0.4, 0.5) is 11.4 Å². The summed E-state index contributed by atoms with van der Waals surface area (Å²) in [5, 5.41) is 12.8. The molecule has 3 aliphatic heterocycles. The number of anilines is 2. The summed E-state index contributed by atoms with van der Waals surface area (Å²) in [6.07, 6.45) is 8.54. The number of aliphatic imine (C=N–C) groups is 2. The molecule has 0 bridgehead atoms. The van der Waals surface area contributed by atoms with Crippen molar-refractivity contribution in [2.24, 2.45) is 9.98 Å². The number of thioether (sulfide) groups is 1. The molecule has 0 spiro atoms. The fraction of sp³-hybridized carbons (Fsp3) is 0.471. The maximum atomic E-state index is 5.83. The summed E-state index contributed by atoms with van der Waals surface area (Å²) in [7, 11) is 5.51. The van der Waals surface area contributed by atoms with E-state index in [0.29, 0.717) is 23.1 Å². The number of hydrogen-bond donors (Lipinski definition) is 3. The van der Waals surface area contributed by atoms with E-state index in [9.17, 15) is 0 Å². The molecule has 2 aromatic rings. The van der Waals surface area contributed by atoms with Crippen LogP contribution in [0, 0.1) is 6.92 Å². The number of piperidine rings is 1. The molecule has 0 amide bonds. The standard InChI is InChI=1S/C30H40N7OS.C4H9N.K/c1-8-11-28-34-29(35-30(36(28)6)33-24-12-9-10-13-27(24)39-20(2)3)32-25-18-21(4)23(19-26(25)38-7)22-14-16-37(31-5)17-15-22;1-2-4-5-3-1;/h8-13,18-20,22H,1,14-17H2,2-7H3,(H2,32,33,34,35);5H,1-4H2;/q-1;;+1/b28-11-;;. The molecule has 3 aliphatic rings. The molecule has 2 aromatic carbocycles. The van der Waals surface area contributed by atoms with E-state index in [1.54, 1.807) is 13.2 Å². The van der Waals surface area contributed by atoms with E-state index in [-0.39, 0.29) is 51.4 Å². The van der Waals surface area contributed by atoms with Crippen molar-refractivity contribution in [3.8, 4) is 5.75 Å². The van der Waals surface area contributed by atoms with Gasteiger partial charge in [-0.3, -0.25) is 4.90 Å². The zero-order valence-corrected chi connectivity index (χ0v) is 32.1. The average Bonchev–Trinajstić information content (AvgIpc) is 3.61. The van der Waals surface area contributed by atoms with E-state index in [2.05, 4.69) is 84.1 Å². The summed E-state index contributed by atoms with van der Waals surface area (Å²) < 4.78 is 5.83. The number of benzene rings is 2. The molecule has 2 saturated heterocycles. The van der Waals surface area contributed by atoms with Gasteiger partial charge in [-0.15, -0.1) is 11.8 Å². The molecule has 0 atom stereocenters. The molecular weight excluding hydrogens is 608 g/mol. The van der Waals surface area contributed by atoms with Gasteiger partial charge in [0.15, 0.2) is 0 Å². The normalized spacial score (nSPS) is 18.0. The Kier molecular flexibility index (Phi) is 16.1.